The highest BCUT2D eigenvalue weighted by Gasteiger charge is 2.22. The van der Waals surface area contributed by atoms with E-state index in [2.05, 4.69) is 4.72 Å². The summed E-state index contributed by atoms with van der Waals surface area (Å²) in [5, 5.41) is 0. The van der Waals surface area contributed by atoms with Crippen LogP contribution < -0.4 is 10.5 Å². The SMILES string of the molecule is CNS(=O)(=O)c1ccc(C(=O)N(C)CC(C)(C)CN)cc1. The van der Waals surface area contributed by atoms with Crippen molar-refractivity contribution in [2.75, 3.05) is 27.2 Å². The number of nitrogens with two attached hydrogens (primary N) is 1. The standard InChI is InChI=1S/C14H23N3O3S/c1-14(2,9-15)10-17(4)13(18)11-5-7-12(8-6-11)21(19,20)16-3/h5-8,16H,9-10,15H2,1-4H3. The Balaban J connectivity index is 2.90. The molecule has 0 heterocycles. The molecule has 6 nitrogen and oxygen atoms in total. The minimum absolute atomic E-state index is 0.131. The zero-order chi connectivity index (χ0) is 16.3. The van der Waals surface area contributed by atoms with Crippen LogP contribution in [-0.2, 0) is 10.0 Å². The molecule has 0 unspecified atom stereocenters. The molecule has 1 amide bonds. The summed E-state index contributed by atoms with van der Waals surface area (Å²) in [6, 6.07) is 5.86. The van der Waals surface area contributed by atoms with Gasteiger partial charge >= 0.3 is 0 Å². The Hall–Kier alpha value is -1.44. The van der Waals surface area contributed by atoms with Crippen LogP contribution in [0.3, 0.4) is 0 Å². The minimum atomic E-state index is -3.49. The van der Waals surface area contributed by atoms with Crippen LogP contribution in [0.4, 0.5) is 0 Å². The smallest absolute Gasteiger partial charge is 0.253 e. The van der Waals surface area contributed by atoms with Gasteiger partial charge < -0.3 is 10.6 Å². The van der Waals surface area contributed by atoms with Crippen molar-refractivity contribution in [2.45, 2.75) is 18.7 Å². The van der Waals surface area contributed by atoms with Crippen molar-refractivity contribution in [1.29, 1.82) is 0 Å². The molecule has 0 aliphatic heterocycles. The first-order valence-corrected chi connectivity index (χ1v) is 8.10. The molecule has 0 saturated carbocycles. The fourth-order valence-corrected chi connectivity index (χ4v) is 2.62. The number of hydrogen-bond acceptors (Lipinski definition) is 4. The maximum Gasteiger partial charge on any atom is 0.253 e. The molecule has 118 valence electrons. The normalized spacial score (nSPS) is 12.2. The molecule has 21 heavy (non-hydrogen) atoms. The Morgan fingerprint density at radius 3 is 2.24 bits per heavy atom. The van der Waals surface area contributed by atoms with Gasteiger partial charge in [-0.2, -0.15) is 0 Å². The molecular formula is C14H23N3O3S. The molecule has 3 N–H and O–H groups in total. The van der Waals surface area contributed by atoms with Gasteiger partial charge in [0.2, 0.25) is 10.0 Å². The second-order valence-electron chi connectivity index (χ2n) is 5.76. The molecule has 0 aliphatic rings. The Morgan fingerprint density at radius 2 is 1.81 bits per heavy atom. The molecule has 0 aliphatic carbocycles. The second kappa shape index (κ2) is 6.55. The van der Waals surface area contributed by atoms with Gasteiger partial charge in [0.25, 0.3) is 5.91 Å². The summed E-state index contributed by atoms with van der Waals surface area (Å²) in [5.74, 6) is -0.162. The van der Waals surface area contributed by atoms with Crippen molar-refractivity contribution in [3.05, 3.63) is 29.8 Å². The van der Waals surface area contributed by atoms with Crippen LogP contribution in [0.1, 0.15) is 24.2 Å². The van der Waals surface area contributed by atoms with Gasteiger partial charge in [-0.15, -0.1) is 0 Å². The highest BCUT2D eigenvalue weighted by Crippen LogP contribution is 2.16. The summed E-state index contributed by atoms with van der Waals surface area (Å²) in [4.78, 5) is 14.0. The number of sulfonamides is 1. The van der Waals surface area contributed by atoms with Gasteiger partial charge in [0.15, 0.2) is 0 Å². The number of carbonyl (C=O) groups excluding carboxylic acids is 1. The van der Waals surface area contributed by atoms with E-state index in [4.69, 9.17) is 5.73 Å². The molecule has 0 spiro atoms. The number of hydrogen-bond donors (Lipinski definition) is 2. The third kappa shape index (κ3) is 4.52. The van der Waals surface area contributed by atoms with E-state index in [0.717, 1.165) is 0 Å². The number of nitrogens with one attached hydrogen (secondary N) is 1. The summed E-state index contributed by atoms with van der Waals surface area (Å²) < 4.78 is 25.5. The first-order chi connectivity index (χ1) is 9.63. The van der Waals surface area contributed by atoms with E-state index in [-0.39, 0.29) is 16.2 Å². The largest absolute Gasteiger partial charge is 0.341 e. The molecule has 0 atom stereocenters. The fourth-order valence-electron chi connectivity index (χ4n) is 1.89. The average Bonchev–Trinajstić information content (AvgIpc) is 2.46. The lowest BCUT2D eigenvalue weighted by Crippen LogP contribution is -2.39. The number of nitrogens with zero attached hydrogens (tertiary/aromatic N) is 1. The van der Waals surface area contributed by atoms with Gasteiger partial charge in [-0.25, -0.2) is 13.1 Å². The van der Waals surface area contributed by atoms with E-state index in [0.29, 0.717) is 18.7 Å². The fraction of sp³-hybridized carbons (Fsp3) is 0.500. The quantitative estimate of drug-likeness (QED) is 0.806. The highest BCUT2D eigenvalue weighted by atomic mass is 32.2. The van der Waals surface area contributed by atoms with E-state index < -0.39 is 10.0 Å². The van der Waals surface area contributed by atoms with Crippen LogP contribution in [0.15, 0.2) is 29.2 Å². The van der Waals surface area contributed by atoms with Gasteiger partial charge in [-0.3, -0.25) is 4.79 Å². The lowest BCUT2D eigenvalue weighted by molar-refractivity contribution is 0.0740. The van der Waals surface area contributed by atoms with Crippen LogP contribution in [0.2, 0.25) is 0 Å². The predicted molar refractivity (Wildman–Crippen MR) is 82.5 cm³/mol. The minimum Gasteiger partial charge on any atom is -0.341 e. The molecule has 0 saturated heterocycles. The number of amides is 1. The van der Waals surface area contributed by atoms with E-state index in [1.165, 1.54) is 31.3 Å². The Morgan fingerprint density at radius 1 is 1.29 bits per heavy atom. The number of benzene rings is 1. The van der Waals surface area contributed by atoms with Gasteiger partial charge in [0, 0.05) is 19.2 Å². The van der Waals surface area contributed by atoms with Crippen molar-refractivity contribution in [1.82, 2.24) is 9.62 Å². The lowest BCUT2D eigenvalue weighted by Gasteiger charge is -2.29. The summed E-state index contributed by atoms with van der Waals surface area (Å²) in [6.07, 6.45) is 0. The van der Waals surface area contributed by atoms with Crippen molar-refractivity contribution in [2.24, 2.45) is 11.1 Å². The third-order valence-corrected chi connectivity index (χ3v) is 4.68. The molecule has 1 aromatic rings. The monoisotopic (exact) mass is 313 g/mol. The van der Waals surface area contributed by atoms with E-state index >= 15 is 0 Å². The van der Waals surface area contributed by atoms with Gasteiger partial charge in [-0.05, 0) is 43.3 Å². The summed E-state index contributed by atoms with van der Waals surface area (Å²) in [5.41, 5.74) is 5.94. The number of rotatable bonds is 6. The molecule has 7 heteroatoms. The first-order valence-electron chi connectivity index (χ1n) is 6.62. The predicted octanol–water partition coefficient (Wildman–Crippen LogP) is 0.652. The molecule has 0 fully saturated rings. The Kier molecular flexibility index (Phi) is 5.49. The van der Waals surface area contributed by atoms with Crippen LogP contribution in [0, 0.1) is 5.41 Å². The van der Waals surface area contributed by atoms with Gasteiger partial charge in [-0.1, -0.05) is 13.8 Å². The first kappa shape index (κ1) is 17.6. The number of carbonyl (C=O) groups is 1. The summed E-state index contributed by atoms with van der Waals surface area (Å²) >= 11 is 0. The molecule has 0 radical (unpaired) electrons. The van der Waals surface area contributed by atoms with Crippen molar-refractivity contribution in [3.8, 4) is 0 Å². The van der Waals surface area contributed by atoms with Crippen LogP contribution in [-0.4, -0.2) is 46.4 Å². The Labute approximate surface area is 126 Å². The molecule has 0 aromatic heterocycles. The molecule has 1 aromatic carbocycles. The maximum absolute atomic E-state index is 12.3. The van der Waals surface area contributed by atoms with Crippen LogP contribution >= 0.6 is 0 Å². The van der Waals surface area contributed by atoms with Crippen molar-refractivity contribution < 1.29 is 13.2 Å². The van der Waals surface area contributed by atoms with Gasteiger partial charge in [0.05, 0.1) is 4.90 Å². The zero-order valence-corrected chi connectivity index (χ0v) is 13.7. The maximum atomic E-state index is 12.3. The van der Waals surface area contributed by atoms with Crippen molar-refractivity contribution in [3.63, 3.8) is 0 Å². The van der Waals surface area contributed by atoms with Crippen LogP contribution in [0.5, 0.6) is 0 Å². The topological polar surface area (TPSA) is 92.5 Å². The third-order valence-electron chi connectivity index (χ3n) is 3.24. The second-order valence-corrected chi connectivity index (χ2v) is 7.65. The lowest BCUT2D eigenvalue weighted by atomic mass is 9.93. The average molecular weight is 313 g/mol. The summed E-state index contributed by atoms with van der Waals surface area (Å²) in [6.45, 7) is 4.97. The van der Waals surface area contributed by atoms with Crippen LogP contribution in [0.25, 0.3) is 0 Å². The molecule has 0 bridgehead atoms. The Bertz CT molecular complexity index is 594. The van der Waals surface area contributed by atoms with E-state index in [1.807, 2.05) is 13.8 Å². The van der Waals surface area contributed by atoms with Gasteiger partial charge in [0.1, 0.15) is 0 Å². The molecular weight excluding hydrogens is 290 g/mol. The molecule has 1 rings (SSSR count). The van der Waals surface area contributed by atoms with E-state index in [1.54, 1.807) is 11.9 Å². The summed E-state index contributed by atoms with van der Waals surface area (Å²) in [7, 11) is -0.434. The van der Waals surface area contributed by atoms with E-state index in [9.17, 15) is 13.2 Å². The zero-order valence-electron chi connectivity index (χ0n) is 12.9. The highest BCUT2D eigenvalue weighted by molar-refractivity contribution is 7.89. The van der Waals surface area contributed by atoms with Crippen molar-refractivity contribution >= 4 is 15.9 Å².